The summed E-state index contributed by atoms with van der Waals surface area (Å²) < 4.78 is 40.9. The number of rotatable bonds is 5. The lowest BCUT2D eigenvalue weighted by Crippen LogP contribution is -2.27. The molecule has 2 heterocycles. The molecule has 1 aliphatic rings. The number of hydrogen-bond acceptors (Lipinski definition) is 2. The van der Waals surface area contributed by atoms with Crippen LogP contribution in [0.4, 0.5) is 18.9 Å². The topological polar surface area (TPSA) is 62.7 Å². The Labute approximate surface area is 188 Å². The molecular formula is C25H23F3N4O. The van der Waals surface area contributed by atoms with E-state index in [0.29, 0.717) is 5.56 Å². The average Bonchev–Trinajstić information content (AvgIpc) is 3.39. The molecule has 1 aliphatic carbocycles. The van der Waals surface area contributed by atoms with E-state index in [1.807, 2.05) is 31.3 Å². The van der Waals surface area contributed by atoms with E-state index < -0.39 is 11.7 Å². The van der Waals surface area contributed by atoms with E-state index in [-0.39, 0.29) is 17.9 Å². The Morgan fingerprint density at radius 2 is 2.00 bits per heavy atom. The van der Waals surface area contributed by atoms with Crippen LogP contribution >= 0.6 is 0 Å². The molecule has 5 nitrogen and oxygen atoms in total. The summed E-state index contributed by atoms with van der Waals surface area (Å²) in [6.07, 6.45) is 3.90. The van der Waals surface area contributed by atoms with Crippen molar-refractivity contribution in [2.45, 2.75) is 38.4 Å². The van der Waals surface area contributed by atoms with Gasteiger partial charge in [0.15, 0.2) is 0 Å². The van der Waals surface area contributed by atoms with Crippen LogP contribution in [0.15, 0.2) is 61.1 Å². The van der Waals surface area contributed by atoms with Gasteiger partial charge in [0.1, 0.15) is 0 Å². The number of alkyl halides is 3. The van der Waals surface area contributed by atoms with Crippen LogP contribution in [0.2, 0.25) is 0 Å². The number of benzene rings is 2. The number of halogens is 3. The molecule has 0 aliphatic heterocycles. The number of nitrogens with one attached hydrogen (secondary N) is 2. The van der Waals surface area contributed by atoms with Crippen molar-refractivity contribution in [1.29, 1.82) is 0 Å². The van der Waals surface area contributed by atoms with Crippen LogP contribution in [-0.2, 0) is 11.0 Å². The van der Waals surface area contributed by atoms with Gasteiger partial charge < -0.3 is 10.3 Å². The maximum Gasteiger partial charge on any atom is 0.416 e. The van der Waals surface area contributed by atoms with Gasteiger partial charge in [0, 0.05) is 34.8 Å². The first-order chi connectivity index (χ1) is 15.8. The molecule has 1 fully saturated rings. The zero-order chi connectivity index (χ0) is 23.2. The van der Waals surface area contributed by atoms with Crippen LogP contribution in [0.5, 0.6) is 0 Å². The SMILES string of the molecule is C[C@H](c1cccc(C(F)(F)F)c1)n1cc(-c2ccc3[nH]cc(NC(=O)C4CCC4)c3c2)cn1. The Kier molecular flexibility index (Phi) is 5.23. The average molecular weight is 452 g/mol. The van der Waals surface area contributed by atoms with E-state index in [2.05, 4.69) is 15.4 Å². The molecule has 33 heavy (non-hydrogen) atoms. The lowest BCUT2D eigenvalue weighted by molar-refractivity contribution is -0.137. The van der Waals surface area contributed by atoms with Gasteiger partial charge in [-0.2, -0.15) is 18.3 Å². The number of anilines is 1. The fourth-order valence-corrected chi connectivity index (χ4v) is 4.14. The van der Waals surface area contributed by atoms with Crippen molar-refractivity contribution in [2.75, 3.05) is 5.32 Å². The summed E-state index contributed by atoms with van der Waals surface area (Å²) >= 11 is 0. The van der Waals surface area contributed by atoms with Crippen LogP contribution in [0, 0.1) is 5.92 Å². The van der Waals surface area contributed by atoms with Crippen LogP contribution in [0.1, 0.15) is 43.4 Å². The summed E-state index contributed by atoms with van der Waals surface area (Å²) in [5.41, 5.74) is 3.26. The van der Waals surface area contributed by atoms with Crippen LogP contribution in [0.3, 0.4) is 0 Å². The molecule has 5 rings (SSSR count). The van der Waals surface area contributed by atoms with E-state index in [1.165, 1.54) is 6.07 Å². The summed E-state index contributed by atoms with van der Waals surface area (Å²) in [6.45, 7) is 1.82. The van der Waals surface area contributed by atoms with Gasteiger partial charge in [-0.15, -0.1) is 0 Å². The van der Waals surface area contributed by atoms with Gasteiger partial charge in [-0.3, -0.25) is 9.48 Å². The molecular weight excluding hydrogens is 429 g/mol. The van der Waals surface area contributed by atoms with Crippen molar-refractivity contribution in [3.8, 4) is 11.1 Å². The predicted molar refractivity (Wildman–Crippen MR) is 121 cm³/mol. The molecule has 1 saturated carbocycles. The first-order valence-electron chi connectivity index (χ1n) is 10.9. The number of aromatic amines is 1. The van der Waals surface area contributed by atoms with Crippen molar-refractivity contribution in [3.63, 3.8) is 0 Å². The highest BCUT2D eigenvalue weighted by molar-refractivity contribution is 6.03. The second kappa shape index (κ2) is 8.10. The zero-order valence-electron chi connectivity index (χ0n) is 18.0. The minimum absolute atomic E-state index is 0.0512. The van der Waals surface area contributed by atoms with Crippen molar-refractivity contribution in [3.05, 3.63) is 72.2 Å². The number of carbonyl (C=O) groups excluding carboxylic acids is 1. The molecule has 0 spiro atoms. The Bertz CT molecular complexity index is 1320. The first-order valence-corrected chi connectivity index (χ1v) is 10.9. The van der Waals surface area contributed by atoms with E-state index in [0.717, 1.165) is 59.1 Å². The quantitative estimate of drug-likeness (QED) is 0.368. The highest BCUT2D eigenvalue weighted by atomic mass is 19.4. The largest absolute Gasteiger partial charge is 0.416 e. The van der Waals surface area contributed by atoms with Crippen molar-refractivity contribution in [2.24, 2.45) is 5.92 Å². The van der Waals surface area contributed by atoms with Crippen molar-refractivity contribution in [1.82, 2.24) is 14.8 Å². The summed E-state index contributed by atoms with van der Waals surface area (Å²) in [7, 11) is 0. The number of carbonyl (C=O) groups is 1. The summed E-state index contributed by atoms with van der Waals surface area (Å²) in [4.78, 5) is 15.6. The van der Waals surface area contributed by atoms with Gasteiger partial charge >= 0.3 is 6.18 Å². The third-order valence-electron chi connectivity index (χ3n) is 6.44. The Hall–Kier alpha value is -3.55. The highest BCUT2D eigenvalue weighted by Gasteiger charge is 2.31. The fraction of sp³-hybridized carbons (Fsp3) is 0.280. The molecule has 1 amide bonds. The maximum absolute atomic E-state index is 13.1. The minimum atomic E-state index is -4.39. The molecule has 170 valence electrons. The third-order valence-corrected chi connectivity index (χ3v) is 6.44. The molecule has 0 bridgehead atoms. The smallest absolute Gasteiger partial charge is 0.359 e. The molecule has 0 saturated heterocycles. The van der Waals surface area contributed by atoms with Gasteiger partial charge in [-0.25, -0.2) is 0 Å². The van der Waals surface area contributed by atoms with E-state index in [9.17, 15) is 18.0 Å². The van der Waals surface area contributed by atoms with Gasteiger partial charge in [0.25, 0.3) is 0 Å². The van der Waals surface area contributed by atoms with E-state index in [1.54, 1.807) is 23.1 Å². The monoisotopic (exact) mass is 452 g/mol. The van der Waals surface area contributed by atoms with Crippen LogP contribution < -0.4 is 5.32 Å². The molecule has 4 aromatic rings. The molecule has 0 unspecified atom stereocenters. The molecule has 0 radical (unpaired) electrons. The number of hydrogen-bond donors (Lipinski definition) is 2. The van der Waals surface area contributed by atoms with Gasteiger partial charge in [-0.05, 0) is 55.2 Å². The van der Waals surface area contributed by atoms with Crippen LogP contribution in [-0.4, -0.2) is 20.7 Å². The molecule has 2 N–H and O–H groups in total. The first kappa shape index (κ1) is 21.3. The third kappa shape index (κ3) is 4.13. The summed E-state index contributed by atoms with van der Waals surface area (Å²) in [5.74, 6) is 0.143. The molecule has 2 aromatic heterocycles. The van der Waals surface area contributed by atoms with Crippen molar-refractivity contribution < 1.29 is 18.0 Å². The zero-order valence-corrected chi connectivity index (χ0v) is 18.0. The molecule has 8 heteroatoms. The van der Waals surface area contributed by atoms with E-state index >= 15 is 0 Å². The summed E-state index contributed by atoms with van der Waals surface area (Å²) in [5, 5.41) is 8.33. The number of nitrogens with zero attached hydrogens (tertiary/aromatic N) is 2. The van der Waals surface area contributed by atoms with E-state index in [4.69, 9.17) is 0 Å². The molecule has 2 aromatic carbocycles. The molecule has 1 atom stereocenters. The lowest BCUT2D eigenvalue weighted by atomic mass is 9.85. The lowest BCUT2D eigenvalue weighted by Gasteiger charge is -2.23. The number of H-pyrrole nitrogens is 1. The van der Waals surface area contributed by atoms with Crippen molar-refractivity contribution >= 4 is 22.5 Å². The Morgan fingerprint density at radius 3 is 2.73 bits per heavy atom. The summed E-state index contributed by atoms with van der Waals surface area (Å²) in [6, 6.07) is 10.8. The minimum Gasteiger partial charge on any atom is -0.359 e. The van der Waals surface area contributed by atoms with Crippen LogP contribution in [0.25, 0.3) is 22.0 Å². The number of fused-ring (bicyclic) bond motifs is 1. The standard InChI is InChI=1S/C25H23F3N4O/c1-15(17-6-3-7-20(10-17)25(26,27)28)32-14-19(12-30-32)18-8-9-22-21(11-18)23(13-29-22)31-24(33)16-4-2-5-16/h3,6-16,29H,2,4-5H2,1H3,(H,31,33)/t15-/m1/s1. The van der Waals surface area contributed by atoms with Gasteiger partial charge in [-0.1, -0.05) is 24.6 Å². The second-order valence-corrected chi connectivity index (χ2v) is 8.59. The number of aromatic nitrogens is 3. The Balaban J connectivity index is 1.40. The predicted octanol–water partition coefficient (Wildman–Crippen LogP) is 6.40. The fourth-order valence-electron chi connectivity index (χ4n) is 4.14. The number of amides is 1. The normalized spacial score (nSPS) is 15.4. The Morgan fingerprint density at radius 1 is 1.18 bits per heavy atom. The maximum atomic E-state index is 13.1. The highest BCUT2D eigenvalue weighted by Crippen LogP contribution is 2.34. The second-order valence-electron chi connectivity index (χ2n) is 8.59. The van der Waals surface area contributed by atoms with Gasteiger partial charge in [0.2, 0.25) is 5.91 Å². The van der Waals surface area contributed by atoms with Gasteiger partial charge in [0.05, 0.1) is 23.5 Å².